The smallest absolute Gasteiger partial charge is 0.550 e. The standard InChI is InChI=1S/C24H38O6.Na/c1-5-15(3)24(29)30-21-11-14(2)10-17-7-6-16(4)20(23(17)21)9-8-18(25)12-19(26)13-22(27)28;/h6-7,10,14-16,18-21,23,25-26H,5,8-9,11-13H2,1-4H3,(H,27,28);/q;+1/p-1/t14-,15?,16-,18+,19+,20-,21-,23-;/m0./s1. The van der Waals surface area contributed by atoms with Crippen LogP contribution in [0.1, 0.15) is 66.2 Å². The number of carbonyl (C=O) groups is 2. The zero-order valence-corrected chi connectivity index (χ0v) is 21.6. The van der Waals surface area contributed by atoms with E-state index in [0.717, 1.165) is 12.8 Å². The van der Waals surface area contributed by atoms with Gasteiger partial charge in [-0.05, 0) is 55.4 Å². The minimum absolute atomic E-state index is 0. The summed E-state index contributed by atoms with van der Waals surface area (Å²) < 4.78 is 5.99. The minimum atomic E-state index is -1.32. The maximum atomic E-state index is 12.5. The monoisotopic (exact) mass is 444 g/mol. The number of rotatable bonds is 10. The molecule has 0 aromatic heterocycles. The molecule has 0 heterocycles. The molecular formula is C24H37NaO6. The second-order valence-corrected chi connectivity index (χ2v) is 9.27. The van der Waals surface area contributed by atoms with E-state index in [1.807, 2.05) is 13.8 Å². The van der Waals surface area contributed by atoms with E-state index in [1.54, 1.807) is 0 Å². The molecule has 0 fully saturated rings. The van der Waals surface area contributed by atoms with Crippen molar-refractivity contribution in [3.05, 3.63) is 23.8 Å². The normalized spacial score (nSPS) is 30.3. The van der Waals surface area contributed by atoms with Crippen LogP contribution in [0, 0.1) is 29.6 Å². The van der Waals surface area contributed by atoms with Crippen LogP contribution in [0.5, 0.6) is 0 Å². The first kappa shape index (κ1) is 28.4. The number of carboxylic acids is 1. The Hall–Kier alpha value is -0.660. The van der Waals surface area contributed by atoms with Gasteiger partial charge in [0.2, 0.25) is 0 Å². The molecule has 0 aromatic rings. The number of allylic oxidation sites excluding steroid dienone is 3. The van der Waals surface area contributed by atoms with Crippen LogP contribution in [0.2, 0.25) is 0 Å². The quantitative estimate of drug-likeness (QED) is 0.344. The Morgan fingerprint density at radius 1 is 1.26 bits per heavy atom. The minimum Gasteiger partial charge on any atom is -0.550 e. The number of esters is 1. The molecule has 0 aliphatic heterocycles. The molecule has 2 rings (SSSR count). The summed E-state index contributed by atoms with van der Waals surface area (Å²) in [5, 5.41) is 30.7. The van der Waals surface area contributed by atoms with E-state index in [1.165, 1.54) is 5.57 Å². The predicted octanol–water partition coefficient (Wildman–Crippen LogP) is -0.615. The third kappa shape index (κ3) is 8.32. The molecule has 2 aliphatic carbocycles. The molecule has 2 aliphatic rings. The Bertz CT molecular complexity index is 660. The largest absolute Gasteiger partial charge is 1.00 e. The molecule has 0 spiro atoms. The van der Waals surface area contributed by atoms with Crippen LogP contribution < -0.4 is 34.7 Å². The first-order valence-electron chi connectivity index (χ1n) is 11.3. The summed E-state index contributed by atoms with van der Waals surface area (Å²) in [6.45, 7) is 8.14. The van der Waals surface area contributed by atoms with Crippen LogP contribution in [0.3, 0.4) is 0 Å². The van der Waals surface area contributed by atoms with Crippen LogP contribution >= 0.6 is 0 Å². The van der Waals surface area contributed by atoms with Crippen LogP contribution in [0.4, 0.5) is 0 Å². The predicted molar refractivity (Wildman–Crippen MR) is 112 cm³/mol. The molecule has 170 valence electrons. The second kappa shape index (κ2) is 13.1. The molecular weight excluding hydrogens is 407 g/mol. The van der Waals surface area contributed by atoms with Gasteiger partial charge in [-0.2, -0.15) is 0 Å². The summed E-state index contributed by atoms with van der Waals surface area (Å²) in [6, 6.07) is 0. The van der Waals surface area contributed by atoms with E-state index < -0.39 is 24.6 Å². The van der Waals surface area contributed by atoms with Crippen molar-refractivity contribution in [2.24, 2.45) is 29.6 Å². The molecule has 31 heavy (non-hydrogen) atoms. The Kier molecular flexibility index (Phi) is 12.0. The van der Waals surface area contributed by atoms with Gasteiger partial charge in [-0.25, -0.2) is 0 Å². The second-order valence-electron chi connectivity index (χ2n) is 9.27. The van der Waals surface area contributed by atoms with E-state index >= 15 is 0 Å². The van der Waals surface area contributed by atoms with Gasteiger partial charge in [-0.3, -0.25) is 4.79 Å². The van der Waals surface area contributed by atoms with Crippen LogP contribution in [-0.2, 0) is 14.3 Å². The Morgan fingerprint density at radius 3 is 2.55 bits per heavy atom. The Morgan fingerprint density at radius 2 is 1.94 bits per heavy atom. The van der Waals surface area contributed by atoms with Gasteiger partial charge < -0.3 is 24.9 Å². The number of hydrogen-bond acceptors (Lipinski definition) is 6. The van der Waals surface area contributed by atoms with E-state index in [0.29, 0.717) is 18.8 Å². The fourth-order valence-corrected chi connectivity index (χ4v) is 4.75. The molecule has 0 radical (unpaired) electrons. The number of fused-ring (bicyclic) bond motifs is 1. The molecule has 0 saturated carbocycles. The average molecular weight is 445 g/mol. The molecule has 2 N–H and O–H groups in total. The number of aliphatic hydroxyl groups is 2. The summed E-state index contributed by atoms with van der Waals surface area (Å²) in [7, 11) is 0. The van der Waals surface area contributed by atoms with Crippen molar-refractivity contribution in [1.82, 2.24) is 0 Å². The number of aliphatic hydroxyl groups excluding tert-OH is 2. The Labute approximate surface area is 208 Å². The van der Waals surface area contributed by atoms with Crippen molar-refractivity contribution in [3.8, 4) is 0 Å². The summed E-state index contributed by atoms with van der Waals surface area (Å²) in [6.07, 6.45) is 6.75. The van der Waals surface area contributed by atoms with Crippen molar-refractivity contribution in [3.63, 3.8) is 0 Å². The Balaban J connectivity index is 0.00000480. The first-order chi connectivity index (χ1) is 14.1. The van der Waals surface area contributed by atoms with Crippen molar-refractivity contribution < 1.29 is 59.2 Å². The van der Waals surface area contributed by atoms with Gasteiger partial charge in [0, 0.05) is 18.3 Å². The molecule has 0 saturated heterocycles. The molecule has 1 unspecified atom stereocenters. The third-order valence-electron chi connectivity index (χ3n) is 6.66. The van der Waals surface area contributed by atoms with Gasteiger partial charge in [0.15, 0.2) is 0 Å². The molecule has 8 atom stereocenters. The molecule has 6 nitrogen and oxygen atoms in total. The van der Waals surface area contributed by atoms with Gasteiger partial charge in [0.05, 0.1) is 18.1 Å². The van der Waals surface area contributed by atoms with E-state index in [4.69, 9.17) is 4.74 Å². The van der Waals surface area contributed by atoms with Gasteiger partial charge in [0.25, 0.3) is 0 Å². The van der Waals surface area contributed by atoms with Crippen molar-refractivity contribution in [1.29, 1.82) is 0 Å². The maximum Gasteiger partial charge on any atom is 1.00 e. The topological polar surface area (TPSA) is 107 Å². The van der Waals surface area contributed by atoms with Gasteiger partial charge in [-0.15, -0.1) is 0 Å². The van der Waals surface area contributed by atoms with Gasteiger partial charge in [0.1, 0.15) is 6.10 Å². The van der Waals surface area contributed by atoms with Gasteiger partial charge >= 0.3 is 35.5 Å². The maximum absolute atomic E-state index is 12.5. The van der Waals surface area contributed by atoms with Crippen LogP contribution in [-0.4, -0.2) is 40.5 Å². The zero-order valence-electron chi connectivity index (χ0n) is 19.6. The summed E-state index contributed by atoms with van der Waals surface area (Å²) in [5.74, 6) is -0.705. The van der Waals surface area contributed by atoms with Crippen molar-refractivity contribution in [2.45, 2.75) is 84.5 Å². The van der Waals surface area contributed by atoms with E-state index in [9.17, 15) is 24.9 Å². The fourth-order valence-electron chi connectivity index (χ4n) is 4.75. The summed E-state index contributed by atoms with van der Waals surface area (Å²) in [4.78, 5) is 23.1. The number of ether oxygens (including phenoxy) is 1. The first-order valence-corrected chi connectivity index (χ1v) is 11.3. The van der Waals surface area contributed by atoms with Gasteiger partial charge in [-0.1, -0.05) is 45.9 Å². The summed E-state index contributed by atoms with van der Waals surface area (Å²) >= 11 is 0. The molecule has 0 bridgehead atoms. The molecule has 0 amide bonds. The zero-order chi connectivity index (χ0) is 22.4. The molecule has 7 heteroatoms. The van der Waals surface area contributed by atoms with Crippen molar-refractivity contribution >= 4 is 11.9 Å². The number of hydrogen-bond donors (Lipinski definition) is 2. The van der Waals surface area contributed by atoms with Crippen molar-refractivity contribution in [2.75, 3.05) is 0 Å². The molecule has 0 aromatic carbocycles. The SMILES string of the molecule is CCC(C)C(=O)O[C@H]1C[C@@H](C)C=C2C=C[C@H](C)[C@H](CC[C@@H](O)C[C@@H](O)CC(=O)[O-])[C@H]21.[Na+]. The summed E-state index contributed by atoms with van der Waals surface area (Å²) in [5.41, 5.74) is 1.20. The fraction of sp³-hybridized carbons (Fsp3) is 0.750. The van der Waals surface area contributed by atoms with E-state index in [-0.39, 0.29) is 71.7 Å². The van der Waals surface area contributed by atoms with Crippen LogP contribution in [0.15, 0.2) is 23.8 Å². The van der Waals surface area contributed by atoms with Crippen LogP contribution in [0.25, 0.3) is 0 Å². The number of aliphatic carboxylic acids is 1. The number of carbonyl (C=O) groups excluding carboxylic acids is 2. The van der Waals surface area contributed by atoms with E-state index in [2.05, 4.69) is 32.1 Å². The third-order valence-corrected chi connectivity index (χ3v) is 6.66. The average Bonchev–Trinajstić information content (AvgIpc) is 2.65. The number of carboxylic acid groups (broad SMARTS) is 1.